The molecule has 4 bridgehead atoms. The smallest absolute Gasteiger partial charge is 0.403 e. The second-order valence-electron chi connectivity index (χ2n) is 8.68. The number of nitrogens with zero attached hydrogens (tertiary/aromatic N) is 1. The van der Waals surface area contributed by atoms with Crippen LogP contribution in [-0.4, -0.2) is 27.4 Å². The number of hydrogen-bond acceptors (Lipinski definition) is 6. The van der Waals surface area contributed by atoms with E-state index in [2.05, 4.69) is 0 Å². The summed E-state index contributed by atoms with van der Waals surface area (Å²) in [5.41, 5.74) is -0.239. The molecule has 1 heterocycles. The van der Waals surface area contributed by atoms with Crippen molar-refractivity contribution in [1.29, 1.82) is 5.26 Å². The molecular weight excluding hydrogens is 467 g/mol. The number of halogens is 1. The molecule has 4 saturated carbocycles. The van der Waals surface area contributed by atoms with Crippen LogP contribution in [0.15, 0.2) is 18.2 Å². The summed E-state index contributed by atoms with van der Waals surface area (Å²) in [6.45, 7) is 0. The first kappa shape index (κ1) is 26.4. The van der Waals surface area contributed by atoms with Crippen molar-refractivity contribution < 1.29 is 92.5 Å². The average molecular weight is 488 g/mol. The number of hydrogen-bond donors (Lipinski definition) is 2. The van der Waals surface area contributed by atoms with Crippen molar-refractivity contribution in [2.75, 3.05) is 7.11 Å². The molecule has 8 nitrogen and oxygen atoms in total. The maximum Gasteiger partial charge on any atom is 1.00 e. The molecule has 1 aliphatic heterocycles. The number of benzene rings is 1. The average Bonchev–Trinajstić information content (AvgIpc) is 2.59. The molecule has 1 saturated heterocycles. The van der Waals surface area contributed by atoms with E-state index >= 15 is 0 Å². The quantitative estimate of drug-likeness (QED) is 0.205. The van der Waals surface area contributed by atoms with Crippen molar-refractivity contribution in [2.45, 2.75) is 48.4 Å². The minimum atomic E-state index is -4.85. The molecule has 5 fully saturated rings. The SMILES string of the molecule is COC1(c2ccc(C#N)c(OP(=O)(O)O)c2)OOC12C1CC3CC2CC(Cl)(C3)C1.[Na+].[Na+]. The summed E-state index contributed by atoms with van der Waals surface area (Å²) in [5.74, 6) is -0.644. The first-order valence-corrected chi connectivity index (χ1v) is 11.5. The number of ether oxygens (including phenoxy) is 1. The van der Waals surface area contributed by atoms with Gasteiger partial charge < -0.3 is 9.26 Å². The van der Waals surface area contributed by atoms with Gasteiger partial charge in [-0.05, 0) is 62.0 Å². The molecule has 3 unspecified atom stereocenters. The van der Waals surface area contributed by atoms with Gasteiger partial charge in [-0.2, -0.15) is 10.1 Å². The topological polar surface area (TPSA) is 118 Å². The summed E-state index contributed by atoms with van der Waals surface area (Å²) in [6, 6.07) is 6.37. The maximum atomic E-state index is 11.4. The van der Waals surface area contributed by atoms with Gasteiger partial charge in [0.1, 0.15) is 11.8 Å². The molecule has 0 radical (unpaired) electrons. The van der Waals surface area contributed by atoms with E-state index in [0.717, 1.165) is 32.1 Å². The molecule has 6 rings (SSSR count). The van der Waals surface area contributed by atoms with E-state index in [1.807, 2.05) is 6.07 Å². The van der Waals surface area contributed by atoms with Crippen LogP contribution in [0.1, 0.15) is 43.2 Å². The third-order valence-electron chi connectivity index (χ3n) is 7.13. The van der Waals surface area contributed by atoms with Crippen molar-refractivity contribution in [3.63, 3.8) is 0 Å². The fraction of sp³-hybridized carbons (Fsp3) is 0.632. The molecule has 31 heavy (non-hydrogen) atoms. The van der Waals surface area contributed by atoms with Crippen molar-refractivity contribution in [3.05, 3.63) is 29.3 Å². The van der Waals surface area contributed by atoms with E-state index in [0.29, 0.717) is 11.5 Å². The van der Waals surface area contributed by atoms with Crippen molar-refractivity contribution in [3.8, 4) is 11.8 Å². The van der Waals surface area contributed by atoms with E-state index in [4.69, 9.17) is 30.6 Å². The minimum absolute atomic E-state index is 0. The summed E-state index contributed by atoms with van der Waals surface area (Å²) in [4.78, 5) is 29.7. The van der Waals surface area contributed by atoms with Gasteiger partial charge >= 0.3 is 66.9 Å². The van der Waals surface area contributed by atoms with Crippen LogP contribution in [0.3, 0.4) is 0 Å². The standard InChI is InChI=1S/C19H21ClNO7P.2Na/c1-25-19(13-3-2-12(10-21)16(6-13)26-29(22,23)24)18(27-28-19)14-4-11-5-15(18)9-17(20,7-11)8-14;;/h2-3,6,11,14-15H,4-5,7-9H2,1H3,(H2,22,23,24);;/q;2*+1. The van der Waals surface area contributed by atoms with E-state index < -0.39 is 19.2 Å². The summed E-state index contributed by atoms with van der Waals surface area (Å²) in [6.07, 6.45) is 4.58. The molecule has 0 amide bonds. The number of phosphoric ester groups is 1. The number of methoxy groups -OCH3 is 1. The summed E-state index contributed by atoms with van der Waals surface area (Å²) in [7, 11) is -3.33. The van der Waals surface area contributed by atoms with Gasteiger partial charge in [0.05, 0.1) is 5.56 Å². The molecule has 0 aromatic heterocycles. The first-order valence-electron chi connectivity index (χ1n) is 9.55. The minimum Gasteiger partial charge on any atom is -0.403 e. The monoisotopic (exact) mass is 487 g/mol. The molecule has 5 aliphatic rings. The molecule has 156 valence electrons. The van der Waals surface area contributed by atoms with E-state index in [-0.39, 0.29) is 87.1 Å². The van der Waals surface area contributed by atoms with Crippen LogP contribution < -0.4 is 63.6 Å². The zero-order valence-corrected chi connectivity index (χ0v) is 23.4. The maximum absolute atomic E-state index is 11.4. The molecule has 4 aliphatic carbocycles. The Kier molecular flexibility index (Phi) is 7.51. The Hall–Kier alpha value is 0.830. The van der Waals surface area contributed by atoms with Crippen LogP contribution in [0, 0.1) is 29.1 Å². The van der Waals surface area contributed by atoms with Crippen LogP contribution in [0.5, 0.6) is 5.75 Å². The van der Waals surface area contributed by atoms with Gasteiger partial charge in [-0.1, -0.05) is 6.07 Å². The normalized spacial score (nSPS) is 39.8. The summed E-state index contributed by atoms with van der Waals surface area (Å²) >= 11 is 6.88. The van der Waals surface area contributed by atoms with Crippen molar-refractivity contribution in [2.24, 2.45) is 17.8 Å². The zero-order valence-electron chi connectivity index (χ0n) is 17.7. The predicted molar refractivity (Wildman–Crippen MR) is 99.6 cm³/mol. The fourth-order valence-electron chi connectivity index (χ4n) is 6.37. The van der Waals surface area contributed by atoms with Crippen molar-refractivity contribution in [1.82, 2.24) is 0 Å². The van der Waals surface area contributed by atoms with E-state index in [1.165, 1.54) is 19.2 Å². The van der Waals surface area contributed by atoms with Crippen LogP contribution in [-0.2, 0) is 24.9 Å². The Morgan fingerprint density at radius 2 is 1.84 bits per heavy atom. The molecule has 12 heteroatoms. The molecule has 3 atom stereocenters. The van der Waals surface area contributed by atoms with Crippen LogP contribution in [0.4, 0.5) is 0 Å². The Morgan fingerprint density at radius 3 is 2.29 bits per heavy atom. The van der Waals surface area contributed by atoms with E-state index in [9.17, 15) is 19.6 Å². The van der Waals surface area contributed by atoms with Gasteiger partial charge in [0.2, 0.25) is 0 Å². The van der Waals surface area contributed by atoms with Crippen LogP contribution in [0.2, 0.25) is 0 Å². The first-order chi connectivity index (χ1) is 13.6. The van der Waals surface area contributed by atoms with Crippen molar-refractivity contribution >= 4 is 19.4 Å². The van der Waals surface area contributed by atoms with Crippen LogP contribution >= 0.6 is 19.4 Å². The van der Waals surface area contributed by atoms with Gasteiger partial charge in [-0.3, -0.25) is 9.79 Å². The number of alkyl halides is 1. The molecule has 1 spiro atoms. The Morgan fingerprint density at radius 1 is 1.19 bits per heavy atom. The third kappa shape index (κ3) is 3.92. The number of rotatable bonds is 4. The zero-order chi connectivity index (χ0) is 20.7. The van der Waals surface area contributed by atoms with Crippen LogP contribution in [0.25, 0.3) is 0 Å². The molecule has 2 N–H and O–H groups in total. The van der Waals surface area contributed by atoms with E-state index in [1.54, 1.807) is 6.07 Å². The van der Waals surface area contributed by atoms with Gasteiger partial charge in [0, 0.05) is 17.5 Å². The van der Waals surface area contributed by atoms with Gasteiger partial charge in [0.15, 0.2) is 5.60 Å². The summed E-state index contributed by atoms with van der Waals surface area (Å²) in [5, 5.41) is 9.29. The molecule has 1 aromatic rings. The fourth-order valence-corrected chi connectivity index (χ4v) is 7.36. The van der Waals surface area contributed by atoms with Gasteiger partial charge in [0.25, 0.3) is 5.79 Å². The summed E-state index contributed by atoms with van der Waals surface area (Å²) < 4.78 is 22.0. The molecular formula is C19H21ClNNa2O7P+2. The number of phosphoric acid groups is 1. The largest absolute Gasteiger partial charge is 1.00 e. The van der Waals surface area contributed by atoms with Gasteiger partial charge in [-0.15, -0.1) is 11.6 Å². The second-order valence-corrected chi connectivity index (χ2v) is 10.6. The Labute approximate surface area is 229 Å². The predicted octanol–water partition coefficient (Wildman–Crippen LogP) is -2.64. The molecule has 1 aromatic carbocycles. The van der Waals surface area contributed by atoms with Gasteiger partial charge in [-0.25, -0.2) is 9.45 Å². The Balaban J connectivity index is 0.00000136. The third-order valence-corrected chi connectivity index (χ3v) is 8.02. The second kappa shape index (κ2) is 8.80. The number of nitriles is 1. The Bertz CT molecular complexity index is 949.